The molecule has 9 heteroatoms. The average Bonchev–Trinajstić information content (AvgIpc) is 2.89. The Morgan fingerprint density at radius 3 is 2.12 bits per heavy atom. The molecule has 0 bridgehead atoms. The summed E-state index contributed by atoms with van der Waals surface area (Å²) in [5.41, 5.74) is 4.21. The van der Waals surface area contributed by atoms with E-state index in [0.717, 1.165) is 33.8 Å². The van der Waals surface area contributed by atoms with Gasteiger partial charge < -0.3 is 5.32 Å². The summed E-state index contributed by atoms with van der Waals surface area (Å²) in [5, 5.41) is 3.90. The second-order valence-electron chi connectivity index (χ2n) is 12.4. The molecule has 0 spiro atoms. The molecule has 0 radical (unpaired) electrons. The Hall–Kier alpha value is -3.56. The molecule has 0 saturated heterocycles. The van der Waals surface area contributed by atoms with Gasteiger partial charge in [0.05, 0.1) is 21.1 Å². The van der Waals surface area contributed by atoms with E-state index in [0.29, 0.717) is 17.5 Å². The molecule has 7 nitrogen and oxygen atoms in total. The zero-order valence-corrected chi connectivity index (χ0v) is 26.7. The zero-order valence-electron chi connectivity index (χ0n) is 25.1. The molecule has 0 saturated carbocycles. The number of rotatable bonds is 8. The molecule has 1 amide bonds. The number of hydrogen-bond donors (Lipinski definition) is 1. The molecule has 4 aromatic rings. The monoisotopic (exact) mass is 606 g/mol. The molecule has 4 rings (SSSR count). The van der Waals surface area contributed by atoms with Crippen LogP contribution in [-0.2, 0) is 35.6 Å². The highest BCUT2D eigenvalue weighted by Gasteiger charge is 2.33. The fourth-order valence-corrected chi connectivity index (χ4v) is 6.02. The van der Waals surface area contributed by atoms with Crippen LogP contribution in [0.4, 0.5) is 0 Å². The van der Waals surface area contributed by atoms with Gasteiger partial charge in [-0.05, 0) is 93.6 Å². The van der Waals surface area contributed by atoms with E-state index in [2.05, 4.69) is 10.3 Å². The minimum absolute atomic E-state index is 0.163. The maximum Gasteiger partial charge on any atom is 0.228 e. The normalized spacial score (nSPS) is 13.6. The van der Waals surface area contributed by atoms with Crippen molar-refractivity contribution < 1.29 is 21.6 Å². The lowest BCUT2D eigenvalue weighted by Crippen LogP contribution is -2.43. The third kappa shape index (κ3) is 6.90. The van der Waals surface area contributed by atoms with Crippen molar-refractivity contribution in [1.29, 1.82) is 0 Å². The van der Waals surface area contributed by atoms with E-state index in [4.69, 9.17) is 0 Å². The number of hydrogen-bond acceptors (Lipinski definition) is 6. The Morgan fingerprint density at radius 2 is 1.52 bits per heavy atom. The van der Waals surface area contributed by atoms with Gasteiger partial charge in [0, 0.05) is 35.2 Å². The van der Waals surface area contributed by atoms with Crippen LogP contribution in [0.3, 0.4) is 0 Å². The maximum absolute atomic E-state index is 13.5. The van der Waals surface area contributed by atoms with Crippen molar-refractivity contribution in [1.82, 2.24) is 10.3 Å². The van der Waals surface area contributed by atoms with Crippen molar-refractivity contribution in [3.63, 3.8) is 0 Å². The number of carbonyl (C=O) groups is 1. The van der Waals surface area contributed by atoms with E-state index in [1.54, 1.807) is 32.2 Å². The summed E-state index contributed by atoms with van der Waals surface area (Å²) in [6, 6.07) is 21.8. The van der Waals surface area contributed by atoms with Crippen molar-refractivity contribution >= 4 is 36.5 Å². The summed E-state index contributed by atoms with van der Waals surface area (Å²) >= 11 is 0. The molecule has 0 aliphatic heterocycles. The topological polar surface area (TPSA) is 110 Å². The largest absolute Gasteiger partial charge is 0.351 e. The lowest BCUT2D eigenvalue weighted by Gasteiger charge is -2.26. The second-order valence-corrected chi connectivity index (χ2v) is 17.0. The number of nitrogens with zero attached hydrogens (tertiary/aromatic N) is 1. The minimum Gasteiger partial charge on any atom is -0.351 e. The molecule has 1 atom stereocenters. The molecule has 42 heavy (non-hydrogen) atoms. The highest BCUT2D eigenvalue weighted by molar-refractivity contribution is 7.91. The van der Waals surface area contributed by atoms with Gasteiger partial charge in [-0.1, -0.05) is 42.5 Å². The summed E-state index contributed by atoms with van der Waals surface area (Å²) in [6.07, 6.45) is 4.48. The summed E-state index contributed by atoms with van der Waals surface area (Å²) in [4.78, 5) is 18.3. The second kappa shape index (κ2) is 11.3. The fourth-order valence-electron chi connectivity index (χ4n) is 4.84. The number of aromatic nitrogens is 1. The van der Waals surface area contributed by atoms with Crippen LogP contribution in [0.5, 0.6) is 0 Å². The summed E-state index contributed by atoms with van der Waals surface area (Å²) in [5.74, 6) is -0.734. The van der Waals surface area contributed by atoms with Gasteiger partial charge >= 0.3 is 0 Å². The molecular formula is C33H38N2O5S2. The first-order chi connectivity index (χ1) is 19.4. The van der Waals surface area contributed by atoms with E-state index in [-0.39, 0.29) is 10.8 Å². The van der Waals surface area contributed by atoms with Crippen molar-refractivity contribution in [2.24, 2.45) is 0 Å². The highest BCUT2D eigenvalue weighted by atomic mass is 32.2. The number of benzene rings is 3. The molecule has 0 fully saturated rings. The van der Waals surface area contributed by atoms with Crippen LogP contribution in [0.25, 0.3) is 22.0 Å². The van der Waals surface area contributed by atoms with E-state index < -0.39 is 35.9 Å². The molecule has 0 aliphatic rings. The first kappa shape index (κ1) is 31.4. The van der Waals surface area contributed by atoms with Gasteiger partial charge in [0.1, 0.15) is 0 Å². The predicted molar refractivity (Wildman–Crippen MR) is 169 cm³/mol. The van der Waals surface area contributed by atoms with E-state index in [9.17, 15) is 21.6 Å². The molecule has 1 N–H and O–H groups in total. The van der Waals surface area contributed by atoms with Crippen LogP contribution < -0.4 is 5.32 Å². The predicted octanol–water partition coefficient (Wildman–Crippen LogP) is 5.83. The van der Waals surface area contributed by atoms with Crippen LogP contribution in [0.2, 0.25) is 0 Å². The number of amides is 1. The number of fused-ring (bicyclic) bond motifs is 1. The third-order valence-electron chi connectivity index (χ3n) is 7.53. The van der Waals surface area contributed by atoms with Crippen molar-refractivity contribution in [3.8, 4) is 11.1 Å². The van der Waals surface area contributed by atoms with E-state index >= 15 is 0 Å². The van der Waals surface area contributed by atoms with Gasteiger partial charge in [-0.15, -0.1) is 0 Å². The smallest absolute Gasteiger partial charge is 0.228 e. The van der Waals surface area contributed by atoms with Crippen LogP contribution in [0.15, 0.2) is 83.9 Å². The quantitative estimate of drug-likeness (QED) is 0.270. The van der Waals surface area contributed by atoms with Gasteiger partial charge in [0.15, 0.2) is 19.7 Å². The van der Waals surface area contributed by atoms with Gasteiger partial charge in [0.25, 0.3) is 0 Å². The molecular weight excluding hydrogens is 569 g/mol. The first-order valence-corrected chi connectivity index (χ1v) is 17.5. The maximum atomic E-state index is 13.5. The molecule has 222 valence electrons. The Labute approximate surface area is 249 Å². The Balaban J connectivity index is 1.81. The average molecular weight is 607 g/mol. The standard InChI is InChI=1S/C33H38N2O5S2/c1-32(2,3)35-31(36)29(23-13-15-27(16-14-23)41(6,37)38)19-22-10-8-11-24(18-22)28-21-26(33(4,5)42(7,39)40)20-25-12-9-17-34-30(25)28/h8-18,20-21,29H,19H2,1-7H3,(H,35,36). The summed E-state index contributed by atoms with van der Waals surface area (Å²) in [6.45, 7) is 9.15. The lowest BCUT2D eigenvalue weighted by molar-refractivity contribution is -0.124. The number of sulfone groups is 2. The van der Waals surface area contributed by atoms with Crippen LogP contribution in [-0.4, -0.2) is 45.8 Å². The molecule has 1 aromatic heterocycles. The Morgan fingerprint density at radius 1 is 0.857 bits per heavy atom. The number of carbonyl (C=O) groups excluding carboxylic acids is 1. The SMILES string of the molecule is CC(C)(C)NC(=O)C(Cc1cccc(-c2cc(C(C)(C)S(C)(=O)=O)cc3cccnc23)c1)c1ccc(S(C)(=O)=O)cc1. The summed E-state index contributed by atoms with van der Waals surface area (Å²) < 4.78 is 48.3. The molecule has 1 unspecified atom stereocenters. The van der Waals surface area contributed by atoms with Crippen LogP contribution >= 0.6 is 0 Å². The molecule has 1 heterocycles. The fraction of sp³-hybridized carbons (Fsp3) is 0.333. The summed E-state index contributed by atoms with van der Waals surface area (Å²) in [7, 11) is -6.79. The molecule has 3 aromatic carbocycles. The van der Waals surface area contributed by atoms with Gasteiger partial charge in [-0.3, -0.25) is 9.78 Å². The highest BCUT2D eigenvalue weighted by Crippen LogP contribution is 2.37. The third-order valence-corrected chi connectivity index (χ3v) is 10.7. The zero-order chi connectivity index (χ0) is 31.1. The molecule has 0 aliphatic carbocycles. The van der Waals surface area contributed by atoms with Gasteiger partial charge in [-0.25, -0.2) is 16.8 Å². The lowest BCUT2D eigenvalue weighted by atomic mass is 9.88. The van der Waals surface area contributed by atoms with Crippen LogP contribution in [0, 0.1) is 0 Å². The van der Waals surface area contributed by atoms with E-state index in [1.807, 2.05) is 69.3 Å². The van der Waals surface area contributed by atoms with Gasteiger partial charge in [-0.2, -0.15) is 0 Å². The Kier molecular flexibility index (Phi) is 8.41. The minimum atomic E-state index is -3.42. The Bertz CT molecular complexity index is 1850. The van der Waals surface area contributed by atoms with Crippen molar-refractivity contribution in [2.45, 2.75) is 62.1 Å². The van der Waals surface area contributed by atoms with E-state index in [1.165, 1.54) is 18.4 Å². The van der Waals surface area contributed by atoms with Crippen LogP contribution in [0.1, 0.15) is 57.2 Å². The number of pyridine rings is 1. The van der Waals surface area contributed by atoms with Gasteiger partial charge in [0.2, 0.25) is 5.91 Å². The van der Waals surface area contributed by atoms with Crippen molar-refractivity contribution in [2.75, 3.05) is 12.5 Å². The van der Waals surface area contributed by atoms with Crippen molar-refractivity contribution in [3.05, 3.63) is 95.7 Å². The number of nitrogens with one attached hydrogen (secondary N) is 1. The first-order valence-electron chi connectivity index (χ1n) is 13.7.